The lowest BCUT2D eigenvalue weighted by molar-refractivity contribution is 0.138. The van der Waals surface area contributed by atoms with Gasteiger partial charge in [-0.25, -0.2) is 0 Å². The van der Waals surface area contributed by atoms with Gasteiger partial charge >= 0.3 is 0 Å². The molecule has 16 heavy (non-hydrogen) atoms. The highest BCUT2D eigenvalue weighted by Gasteiger charge is 2.33. The van der Waals surface area contributed by atoms with Gasteiger partial charge in [-0.15, -0.1) is 0 Å². The monoisotopic (exact) mass is 239 g/mol. The number of hydrogen-bond donors (Lipinski definition) is 1. The van der Waals surface area contributed by atoms with Gasteiger partial charge in [0.25, 0.3) is 0 Å². The highest BCUT2D eigenvalue weighted by atomic mass is 35.5. The first-order valence-corrected chi connectivity index (χ1v) is 5.88. The molecule has 2 rings (SSSR count). The quantitative estimate of drug-likeness (QED) is 0.817. The molecular weight excluding hydrogens is 222 g/mol. The Morgan fingerprint density at radius 1 is 1.38 bits per heavy atom. The highest BCUT2D eigenvalue weighted by Crippen LogP contribution is 2.42. The average molecular weight is 240 g/mol. The van der Waals surface area contributed by atoms with Gasteiger partial charge in [-0.3, -0.25) is 0 Å². The number of rotatable bonds is 1. The van der Waals surface area contributed by atoms with Crippen LogP contribution >= 0.6 is 11.6 Å². The first kappa shape index (κ1) is 11.7. The molecule has 1 aliphatic heterocycles. The summed E-state index contributed by atoms with van der Waals surface area (Å²) < 4.78 is 5.82. The summed E-state index contributed by atoms with van der Waals surface area (Å²) in [5.74, 6) is 0.819. The maximum absolute atomic E-state index is 6.23. The predicted molar refractivity (Wildman–Crippen MR) is 67.1 cm³/mol. The Morgan fingerprint density at radius 3 is 2.56 bits per heavy atom. The van der Waals surface area contributed by atoms with E-state index in [1.165, 1.54) is 0 Å². The van der Waals surface area contributed by atoms with Crippen molar-refractivity contribution in [3.05, 3.63) is 28.3 Å². The SMILES string of the molecule is CC1(C)Cc2cc(C(C)(C)N)cc(Cl)c2O1. The van der Waals surface area contributed by atoms with Crippen molar-refractivity contribution in [2.45, 2.75) is 45.3 Å². The van der Waals surface area contributed by atoms with Gasteiger partial charge in [-0.1, -0.05) is 17.7 Å². The van der Waals surface area contributed by atoms with Gasteiger partial charge < -0.3 is 10.5 Å². The smallest absolute Gasteiger partial charge is 0.142 e. The van der Waals surface area contributed by atoms with Crippen LogP contribution in [0.2, 0.25) is 5.02 Å². The molecule has 2 N–H and O–H groups in total. The third-order valence-electron chi connectivity index (χ3n) is 2.86. The second kappa shape index (κ2) is 3.38. The first-order chi connectivity index (χ1) is 7.19. The van der Waals surface area contributed by atoms with E-state index in [0.29, 0.717) is 5.02 Å². The van der Waals surface area contributed by atoms with E-state index in [9.17, 15) is 0 Å². The normalized spacial score (nSPS) is 18.1. The van der Waals surface area contributed by atoms with Crippen molar-refractivity contribution in [2.24, 2.45) is 5.73 Å². The molecule has 0 aliphatic carbocycles. The van der Waals surface area contributed by atoms with E-state index >= 15 is 0 Å². The third kappa shape index (κ3) is 2.04. The van der Waals surface area contributed by atoms with Crippen LogP contribution in [0.15, 0.2) is 12.1 Å². The Kier molecular flexibility index (Phi) is 2.48. The standard InChI is InChI=1S/C13H18ClNO/c1-12(2)7-8-5-9(13(3,4)15)6-10(14)11(8)16-12/h5-6H,7,15H2,1-4H3. The van der Waals surface area contributed by atoms with Crippen LogP contribution in [0.25, 0.3) is 0 Å². The Hall–Kier alpha value is -0.730. The maximum Gasteiger partial charge on any atom is 0.142 e. The van der Waals surface area contributed by atoms with E-state index in [-0.39, 0.29) is 11.1 Å². The van der Waals surface area contributed by atoms with Crippen molar-refractivity contribution in [2.75, 3.05) is 0 Å². The molecule has 0 fully saturated rings. The lowest BCUT2D eigenvalue weighted by atomic mass is 9.92. The van der Waals surface area contributed by atoms with Gasteiger partial charge in [0.1, 0.15) is 11.4 Å². The summed E-state index contributed by atoms with van der Waals surface area (Å²) in [6.07, 6.45) is 0.881. The van der Waals surface area contributed by atoms with Crippen molar-refractivity contribution < 1.29 is 4.74 Å². The van der Waals surface area contributed by atoms with Crippen LogP contribution in [0.1, 0.15) is 38.8 Å². The zero-order valence-electron chi connectivity index (χ0n) is 10.2. The second-order valence-corrected chi connectivity index (χ2v) is 6.11. The molecule has 0 atom stereocenters. The fourth-order valence-electron chi connectivity index (χ4n) is 2.04. The van der Waals surface area contributed by atoms with E-state index in [0.717, 1.165) is 23.3 Å². The van der Waals surface area contributed by atoms with Gasteiger partial charge in [0.2, 0.25) is 0 Å². The Balaban J connectivity index is 2.50. The van der Waals surface area contributed by atoms with Crippen molar-refractivity contribution in [3.8, 4) is 5.75 Å². The van der Waals surface area contributed by atoms with E-state index in [4.69, 9.17) is 22.1 Å². The van der Waals surface area contributed by atoms with E-state index in [1.807, 2.05) is 19.9 Å². The lowest BCUT2D eigenvalue weighted by Gasteiger charge is -2.20. The topological polar surface area (TPSA) is 35.2 Å². The minimum atomic E-state index is -0.370. The Morgan fingerprint density at radius 2 is 2.00 bits per heavy atom. The fraction of sp³-hybridized carbons (Fsp3) is 0.538. The van der Waals surface area contributed by atoms with Crippen LogP contribution in [-0.2, 0) is 12.0 Å². The second-order valence-electron chi connectivity index (χ2n) is 5.71. The summed E-state index contributed by atoms with van der Waals surface area (Å²) in [5.41, 5.74) is 7.77. The molecule has 1 aliphatic rings. The molecule has 0 unspecified atom stereocenters. The summed E-state index contributed by atoms with van der Waals surface area (Å²) >= 11 is 6.23. The third-order valence-corrected chi connectivity index (χ3v) is 3.14. The van der Waals surface area contributed by atoms with Crippen molar-refractivity contribution >= 4 is 11.6 Å². The zero-order chi connectivity index (χ0) is 12.1. The van der Waals surface area contributed by atoms with Crippen LogP contribution in [0.3, 0.4) is 0 Å². The number of nitrogens with two attached hydrogens (primary N) is 1. The largest absolute Gasteiger partial charge is 0.486 e. The molecule has 1 aromatic carbocycles. The van der Waals surface area contributed by atoms with Crippen LogP contribution in [0.5, 0.6) is 5.75 Å². The number of ether oxygens (including phenoxy) is 1. The first-order valence-electron chi connectivity index (χ1n) is 5.50. The Labute approximate surface area is 102 Å². The van der Waals surface area contributed by atoms with Gasteiger partial charge in [0.05, 0.1) is 5.02 Å². The number of halogens is 1. The predicted octanol–water partition coefficient (Wildman–Crippen LogP) is 3.25. The minimum absolute atomic E-state index is 0.163. The van der Waals surface area contributed by atoms with Crippen molar-refractivity contribution in [1.29, 1.82) is 0 Å². The molecule has 0 saturated carbocycles. The van der Waals surface area contributed by atoms with E-state index < -0.39 is 0 Å². The molecule has 0 saturated heterocycles. The van der Waals surface area contributed by atoms with Crippen molar-refractivity contribution in [3.63, 3.8) is 0 Å². The van der Waals surface area contributed by atoms with Gasteiger partial charge in [0, 0.05) is 12.0 Å². The molecule has 0 aromatic heterocycles. The summed E-state index contributed by atoms with van der Waals surface area (Å²) in [6.45, 7) is 8.09. The van der Waals surface area contributed by atoms with Gasteiger partial charge in [0.15, 0.2) is 0 Å². The number of benzene rings is 1. The number of hydrogen-bond acceptors (Lipinski definition) is 2. The van der Waals surface area contributed by atoms with Crippen LogP contribution in [-0.4, -0.2) is 5.60 Å². The molecular formula is C13H18ClNO. The molecule has 0 radical (unpaired) electrons. The van der Waals surface area contributed by atoms with Crippen LogP contribution in [0.4, 0.5) is 0 Å². The molecule has 1 aromatic rings. The van der Waals surface area contributed by atoms with Gasteiger partial charge in [-0.2, -0.15) is 0 Å². The fourth-order valence-corrected chi connectivity index (χ4v) is 2.32. The molecule has 0 amide bonds. The zero-order valence-corrected chi connectivity index (χ0v) is 11.0. The summed E-state index contributed by atoms with van der Waals surface area (Å²) in [4.78, 5) is 0. The summed E-state index contributed by atoms with van der Waals surface area (Å²) in [6, 6.07) is 4.01. The van der Waals surface area contributed by atoms with Gasteiger partial charge in [-0.05, 0) is 44.9 Å². The highest BCUT2D eigenvalue weighted by molar-refractivity contribution is 6.32. The van der Waals surface area contributed by atoms with Crippen LogP contribution < -0.4 is 10.5 Å². The molecule has 0 bridgehead atoms. The van der Waals surface area contributed by atoms with Crippen LogP contribution in [0, 0.1) is 0 Å². The molecule has 3 heteroatoms. The molecule has 88 valence electrons. The van der Waals surface area contributed by atoms with E-state index in [1.54, 1.807) is 0 Å². The molecule has 2 nitrogen and oxygen atoms in total. The summed E-state index contributed by atoms with van der Waals surface area (Å²) in [7, 11) is 0. The average Bonchev–Trinajstić information content (AvgIpc) is 2.38. The molecule has 1 heterocycles. The van der Waals surface area contributed by atoms with E-state index in [2.05, 4.69) is 19.9 Å². The number of fused-ring (bicyclic) bond motifs is 1. The van der Waals surface area contributed by atoms with Crippen molar-refractivity contribution in [1.82, 2.24) is 0 Å². The lowest BCUT2D eigenvalue weighted by Crippen LogP contribution is -2.28. The Bertz CT molecular complexity index is 432. The summed E-state index contributed by atoms with van der Waals surface area (Å²) in [5, 5.41) is 0.664. The minimum Gasteiger partial charge on any atom is -0.486 e. The molecule has 0 spiro atoms. The maximum atomic E-state index is 6.23.